The van der Waals surface area contributed by atoms with Gasteiger partial charge in [-0.3, -0.25) is 4.90 Å². The third-order valence-corrected chi connectivity index (χ3v) is 4.11. The minimum atomic E-state index is -3.12. The molecule has 8 heteroatoms. The Kier molecular flexibility index (Phi) is 6.05. The lowest BCUT2D eigenvalue weighted by Gasteiger charge is -2.34. The number of ether oxygens (including phenoxy) is 3. The molecule has 0 heterocycles. The third kappa shape index (κ3) is 4.41. The van der Waals surface area contributed by atoms with Crippen LogP contribution >= 0.6 is 0 Å². The minimum absolute atomic E-state index is 0.315. The van der Waals surface area contributed by atoms with Crippen molar-refractivity contribution in [1.29, 1.82) is 0 Å². The molecule has 0 aromatic heterocycles. The molecule has 146 valence electrons. The standard InChI is InChI=1S/C18H24F3NO4/c1-6-22(17(23)26-18(2,3)4)15-11-9-12(19)13(25-16(20)21)7-10(11)8-14(15)24-5/h7,9,14-16H,6,8H2,1-5H3. The van der Waals surface area contributed by atoms with E-state index in [1.165, 1.54) is 18.1 Å². The first kappa shape index (κ1) is 20.4. The number of hydrogen-bond donors (Lipinski definition) is 0. The number of methoxy groups -OCH3 is 1. The van der Waals surface area contributed by atoms with Crippen LogP contribution in [0.4, 0.5) is 18.0 Å². The van der Waals surface area contributed by atoms with Gasteiger partial charge >= 0.3 is 12.7 Å². The van der Waals surface area contributed by atoms with E-state index in [2.05, 4.69) is 4.74 Å². The smallest absolute Gasteiger partial charge is 0.410 e. The fourth-order valence-corrected chi connectivity index (χ4v) is 3.12. The summed E-state index contributed by atoms with van der Waals surface area (Å²) in [4.78, 5) is 14.0. The summed E-state index contributed by atoms with van der Waals surface area (Å²) >= 11 is 0. The lowest BCUT2D eigenvalue weighted by atomic mass is 10.1. The van der Waals surface area contributed by atoms with Gasteiger partial charge in [-0.25, -0.2) is 9.18 Å². The average Bonchev–Trinajstić information content (AvgIpc) is 2.84. The predicted molar refractivity (Wildman–Crippen MR) is 88.9 cm³/mol. The fraction of sp³-hybridized carbons (Fsp3) is 0.611. The van der Waals surface area contributed by atoms with Gasteiger partial charge in [0.15, 0.2) is 11.6 Å². The summed E-state index contributed by atoms with van der Waals surface area (Å²) < 4.78 is 54.2. The highest BCUT2D eigenvalue weighted by Gasteiger charge is 2.41. The monoisotopic (exact) mass is 375 g/mol. The van der Waals surface area contributed by atoms with Gasteiger partial charge < -0.3 is 14.2 Å². The number of carbonyl (C=O) groups excluding carboxylic acids is 1. The predicted octanol–water partition coefficient (Wildman–Crippen LogP) is 4.30. The van der Waals surface area contributed by atoms with Crippen LogP contribution in [-0.2, 0) is 15.9 Å². The number of rotatable bonds is 5. The van der Waals surface area contributed by atoms with E-state index in [1.807, 2.05) is 0 Å². The first-order valence-corrected chi connectivity index (χ1v) is 8.37. The lowest BCUT2D eigenvalue weighted by molar-refractivity contribution is -0.0522. The molecule has 1 aliphatic rings. The fourth-order valence-electron chi connectivity index (χ4n) is 3.12. The molecule has 0 radical (unpaired) electrons. The number of halogens is 3. The number of alkyl halides is 2. The largest absolute Gasteiger partial charge is 0.444 e. The van der Waals surface area contributed by atoms with Gasteiger partial charge in [0.05, 0.1) is 12.1 Å². The van der Waals surface area contributed by atoms with Gasteiger partial charge in [0.1, 0.15) is 5.60 Å². The average molecular weight is 375 g/mol. The molecule has 1 aromatic carbocycles. The lowest BCUT2D eigenvalue weighted by Crippen LogP contribution is -2.42. The first-order valence-electron chi connectivity index (χ1n) is 8.37. The van der Waals surface area contributed by atoms with Gasteiger partial charge in [0.25, 0.3) is 0 Å². The Bertz CT molecular complexity index is 661. The second-order valence-corrected chi connectivity index (χ2v) is 7.05. The van der Waals surface area contributed by atoms with Crippen molar-refractivity contribution >= 4 is 6.09 Å². The number of benzene rings is 1. The van der Waals surface area contributed by atoms with E-state index in [4.69, 9.17) is 9.47 Å². The zero-order valence-electron chi connectivity index (χ0n) is 15.5. The van der Waals surface area contributed by atoms with Crippen molar-refractivity contribution in [2.45, 2.75) is 58.5 Å². The van der Waals surface area contributed by atoms with E-state index in [1.54, 1.807) is 27.7 Å². The van der Waals surface area contributed by atoms with Crippen LogP contribution in [0.5, 0.6) is 5.75 Å². The van der Waals surface area contributed by atoms with E-state index >= 15 is 0 Å². The van der Waals surface area contributed by atoms with Gasteiger partial charge in [0.2, 0.25) is 0 Å². The molecule has 5 nitrogen and oxygen atoms in total. The maximum Gasteiger partial charge on any atom is 0.410 e. The summed E-state index contributed by atoms with van der Waals surface area (Å²) in [5.74, 6) is -1.43. The Hall–Kier alpha value is -1.96. The van der Waals surface area contributed by atoms with Crippen LogP contribution in [0.25, 0.3) is 0 Å². The summed E-state index contributed by atoms with van der Waals surface area (Å²) in [6.45, 7) is 4.23. The molecule has 2 rings (SSSR count). The highest BCUT2D eigenvalue weighted by Crippen LogP contribution is 2.41. The molecule has 1 aromatic rings. The Morgan fingerprint density at radius 1 is 1.35 bits per heavy atom. The molecular formula is C18H24F3NO4. The molecule has 1 aliphatic carbocycles. The van der Waals surface area contributed by atoms with Crippen molar-refractivity contribution in [3.05, 3.63) is 29.1 Å². The second kappa shape index (κ2) is 7.73. The number of amides is 1. The molecule has 26 heavy (non-hydrogen) atoms. The highest BCUT2D eigenvalue weighted by atomic mass is 19.3. The maximum atomic E-state index is 14.2. The van der Waals surface area contributed by atoms with Crippen molar-refractivity contribution < 1.29 is 32.2 Å². The van der Waals surface area contributed by atoms with Crippen LogP contribution in [0.15, 0.2) is 12.1 Å². The maximum absolute atomic E-state index is 14.2. The van der Waals surface area contributed by atoms with Gasteiger partial charge in [-0.05, 0) is 51.0 Å². The number of hydrogen-bond acceptors (Lipinski definition) is 4. The molecule has 0 N–H and O–H groups in total. The van der Waals surface area contributed by atoms with E-state index < -0.39 is 42.0 Å². The molecule has 2 unspecified atom stereocenters. The van der Waals surface area contributed by atoms with Crippen LogP contribution in [0.2, 0.25) is 0 Å². The first-order chi connectivity index (χ1) is 12.1. The molecule has 2 atom stereocenters. The van der Waals surface area contributed by atoms with Crippen LogP contribution in [0.3, 0.4) is 0 Å². The van der Waals surface area contributed by atoms with Crippen molar-refractivity contribution in [3.63, 3.8) is 0 Å². The molecule has 0 fully saturated rings. The van der Waals surface area contributed by atoms with Gasteiger partial charge in [-0.2, -0.15) is 8.78 Å². The van der Waals surface area contributed by atoms with Crippen LogP contribution in [-0.4, -0.2) is 43.0 Å². The highest BCUT2D eigenvalue weighted by molar-refractivity contribution is 5.69. The quantitative estimate of drug-likeness (QED) is 0.770. The van der Waals surface area contributed by atoms with E-state index in [9.17, 15) is 18.0 Å². The third-order valence-electron chi connectivity index (χ3n) is 4.11. The van der Waals surface area contributed by atoms with Crippen molar-refractivity contribution in [2.75, 3.05) is 13.7 Å². The minimum Gasteiger partial charge on any atom is -0.444 e. The summed E-state index contributed by atoms with van der Waals surface area (Å²) in [6.07, 6.45) is -0.651. The zero-order valence-corrected chi connectivity index (χ0v) is 15.5. The second-order valence-electron chi connectivity index (χ2n) is 7.05. The SMILES string of the molecule is CCN(C(=O)OC(C)(C)C)C1c2cc(F)c(OC(F)F)cc2CC1OC. The van der Waals surface area contributed by atoms with Crippen LogP contribution < -0.4 is 4.74 Å². The van der Waals surface area contributed by atoms with Crippen LogP contribution in [0.1, 0.15) is 44.9 Å². The summed E-state index contributed by atoms with van der Waals surface area (Å²) in [5.41, 5.74) is 0.416. The van der Waals surface area contributed by atoms with E-state index in [0.29, 0.717) is 24.1 Å². The molecule has 1 amide bonds. The Labute approximate surface area is 151 Å². The van der Waals surface area contributed by atoms with Gasteiger partial charge in [0, 0.05) is 20.1 Å². The number of likely N-dealkylation sites (N-methyl/N-ethyl adjacent to an activating group) is 1. The van der Waals surface area contributed by atoms with Gasteiger partial charge in [-0.1, -0.05) is 0 Å². The summed E-state index contributed by atoms with van der Waals surface area (Å²) in [5, 5.41) is 0. The normalized spacial score (nSPS) is 19.4. The van der Waals surface area contributed by atoms with Crippen molar-refractivity contribution in [1.82, 2.24) is 4.90 Å². The molecule has 0 saturated heterocycles. The molecule has 0 saturated carbocycles. The molecule has 0 bridgehead atoms. The Morgan fingerprint density at radius 2 is 2.00 bits per heavy atom. The topological polar surface area (TPSA) is 48.0 Å². The molecule has 0 aliphatic heterocycles. The summed E-state index contributed by atoms with van der Waals surface area (Å²) in [6, 6.07) is 1.79. The van der Waals surface area contributed by atoms with Crippen LogP contribution in [0, 0.1) is 5.82 Å². The van der Waals surface area contributed by atoms with Gasteiger partial charge in [-0.15, -0.1) is 0 Å². The number of fused-ring (bicyclic) bond motifs is 1. The Morgan fingerprint density at radius 3 is 2.50 bits per heavy atom. The van der Waals surface area contributed by atoms with Crippen molar-refractivity contribution in [3.8, 4) is 5.75 Å². The molecule has 0 spiro atoms. The molecular weight excluding hydrogens is 351 g/mol. The zero-order chi connectivity index (χ0) is 19.6. The number of nitrogens with zero attached hydrogens (tertiary/aromatic N) is 1. The Balaban J connectivity index is 2.40. The van der Waals surface area contributed by atoms with Crippen molar-refractivity contribution in [2.24, 2.45) is 0 Å². The summed E-state index contributed by atoms with van der Waals surface area (Å²) in [7, 11) is 1.49. The number of carbonyl (C=O) groups is 1. The van der Waals surface area contributed by atoms with E-state index in [-0.39, 0.29) is 0 Å². The van der Waals surface area contributed by atoms with E-state index in [0.717, 1.165) is 6.07 Å².